The summed E-state index contributed by atoms with van der Waals surface area (Å²) in [5.41, 5.74) is 1.35. The third-order valence-electron chi connectivity index (χ3n) is 3.49. The first-order valence-electron chi connectivity index (χ1n) is 6.81. The van der Waals surface area contributed by atoms with Crippen molar-refractivity contribution in [1.82, 2.24) is 4.57 Å². The Morgan fingerprint density at radius 1 is 1.17 bits per heavy atom. The summed E-state index contributed by atoms with van der Waals surface area (Å²) < 4.78 is 4.59. The summed E-state index contributed by atoms with van der Waals surface area (Å²) in [7, 11) is 0. The fourth-order valence-corrected chi connectivity index (χ4v) is 2.52. The molecule has 2 aromatic rings. The molecule has 0 fully saturated rings. The minimum atomic E-state index is 0.599. The van der Waals surface area contributed by atoms with Crippen LogP contribution < -0.4 is 4.57 Å². The zero-order chi connectivity index (χ0) is 13.0. The average Bonchev–Trinajstić information content (AvgIpc) is 2.79. The molecule has 0 radical (unpaired) electrons. The number of hydrogen-bond donors (Lipinski definition) is 0. The lowest BCUT2D eigenvalue weighted by Gasteiger charge is -2.14. The number of rotatable bonds is 5. The second kappa shape index (κ2) is 5.85. The van der Waals surface area contributed by atoms with Gasteiger partial charge in [0.05, 0.1) is 0 Å². The van der Waals surface area contributed by atoms with Crippen LogP contribution in [0.2, 0.25) is 0 Å². The number of aromatic nitrogens is 2. The second-order valence-corrected chi connectivity index (χ2v) is 5.24. The van der Waals surface area contributed by atoms with Gasteiger partial charge in [-0.15, -0.1) is 0 Å². The highest BCUT2D eigenvalue weighted by atomic mass is 15.1. The van der Waals surface area contributed by atoms with Crippen LogP contribution in [0.1, 0.15) is 38.8 Å². The lowest BCUT2D eigenvalue weighted by Crippen LogP contribution is -2.32. The number of imidazole rings is 1. The van der Waals surface area contributed by atoms with Crippen molar-refractivity contribution in [3.63, 3.8) is 0 Å². The molecule has 0 saturated heterocycles. The van der Waals surface area contributed by atoms with Crippen molar-refractivity contribution < 1.29 is 4.57 Å². The summed E-state index contributed by atoms with van der Waals surface area (Å²) in [6.07, 6.45) is 7.76. The molecule has 1 aromatic heterocycles. The lowest BCUT2D eigenvalue weighted by molar-refractivity contribution is -0.688. The predicted octanol–water partition coefficient (Wildman–Crippen LogP) is 3.43. The van der Waals surface area contributed by atoms with Gasteiger partial charge < -0.3 is 0 Å². The lowest BCUT2D eigenvalue weighted by atomic mass is 10.0. The number of benzene rings is 1. The minimum absolute atomic E-state index is 0.599. The van der Waals surface area contributed by atoms with Crippen LogP contribution in [-0.2, 0) is 6.54 Å². The summed E-state index contributed by atoms with van der Waals surface area (Å²) in [5, 5.41) is 0. The molecule has 0 aliphatic rings. The maximum Gasteiger partial charge on any atom is 0.244 e. The largest absolute Gasteiger partial charge is 0.244 e. The molecule has 2 rings (SSSR count). The van der Waals surface area contributed by atoms with Gasteiger partial charge in [0.25, 0.3) is 0 Å². The zero-order valence-electron chi connectivity index (χ0n) is 11.6. The molecule has 18 heavy (non-hydrogen) atoms. The van der Waals surface area contributed by atoms with Gasteiger partial charge >= 0.3 is 0 Å². The highest BCUT2D eigenvalue weighted by Crippen LogP contribution is 2.20. The van der Waals surface area contributed by atoms with E-state index >= 15 is 0 Å². The van der Waals surface area contributed by atoms with Gasteiger partial charge in [-0.3, -0.25) is 0 Å². The molecular weight excluding hydrogens is 220 g/mol. The Morgan fingerprint density at radius 2 is 1.89 bits per heavy atom. The monoisotopic (exact) mass is 243 g/mol. The summed E-state index contributed by atoms with van der Waals surface area (Å²) in [4.78, 5) is 0. The van der Waals surface area contributed by atoms with Gasteiger partial charge in [-0.25, -0.2) is 9.13 Å². The first-order valence-corrected chi connectivity index (χ1v) is 6.81. The van der Waals surface area contributed by atoms with Gasteiger partial charge in [-0.2, -0.15) is 0 Å². The molecule has 0 bridgehead atoms. The number of hydrogen-bond acceptors (Lipinski definition) is 0. The first kappa shape index (κ1) is 12.9. The Morgan fingerprint density at radius 3 is 2.50 bits per heavy atom. The Hall–Kier alpha value is -1.57. The van der Waals surface area contributed by atoms with Gasteiger partial charge in [0.2, 0.25) is 6.33 Å². The van der Waals surface area contributed by atoms with Crippen molar-refractivity contribution in [2.45, 2.75) is 39.8 Å². The van der Waals surface area contributed by atoms with Crippen LogP contribution in [0.4, 0.5) is 0 Å². The molecule has 0 spiro atoms. The Kier molecular flexibility index (Phi) is 4.19. The quantitative estimate of drug-likeness (QED) is 0.711. The zero-order valence-corrected chi connectivity index (χ0v) is 11.6. The number of nitrogens with zero attached hydrogens (tertiary/aromatic N) is 2. The van der Waals surface area contributed by atoms with Crippen LogP contribution in [0, 0.1) is 5.92 Å². The van der Waals surface area contributed by atoms with E-state index in [1.54, 1.807) is 0 Å². The van der Waals surface area contributed by atoms with E-state index in [-0.39, 0.29) is 0 Å². The Bertz CT molecular complexity index is 471. The van der Waals surface area contributed by atoms with E-state index in [1.807, 2.05) is 0 Å². The molecule has 1 aromatic carbocycles. The third-order valence-corrected chi connectivity index (χ3v) is 3.49. The Labute approximate surface area is 110 Å². The van der Waals surface area contributed by atoms with E-state index in [0.717, 1.165) is 6.54 Å². The highest BCUT2D eigenvalue weighted by Gasteiger charge is 2.18. The van der Waals surface area contributed by atoms with Crippen LogP contribution in [0.15, 0.2) is 49.1 Å². The van der Waals surface area contributed by atoms with E-state index in [1.165, 1.54) is 12.0 Å². The van der Waals surface area contributed by atoms with Crippen molar-refractivity contribution in [3.8, 4) is 0 Å². The molecule has 2 heteroatoms. The van der Waals surface area contributed by atoms with Crippen molar-refractivity contribution in [3.05, 3.63) is 54.6 Å². The van der Waals surface area contributed by atoms with Crippen molar-refractivity contribution >= 4 is 0 Å². The van der Waals surface area contributed by atoms with Crippen LogP contribution in [0.3, 0.4) is 0 Å². The SMILES string of the molecule is CC[C@@H](C(C)C)n1cc[n+](Cc2ccccc2)c1. The first-order chi connectivity index (χ1) is 8.70. The second-order valence-electron chi connectivity index (χ2n) is 5.24. The van der Waals surface area contributed by atoms with E-state index in [0.29, 0.717) is 12.0 Å². The van der Waals surface area contributed by atoms with Crippen LogP contribution in [0.25, 0.3) is 0 Å². The van der Waals surface area contributed by atoms with Gasteiger partial charge in [0.15, 0.2) is 0 Å². The van der Waals surface area contributed by atoms with Gasteiger partial charge in [-0.05, 0) is 17.9 Å². The standard InChI is InChI=1S/C16H23N2/c1-4-16(14(2)3)18-11-10-17(13-18)12-15-8-6-5-7-9-15/h5-11,13-14,16H,4,12H2,1-3H3/q+1/t16-/m0/s1. The van der Waals surface area contributed by atoms with E-state index in [2.05, 4.69) is 79.0 Å². The average molecular weight is 243 g/mol. The Balaban J connectivity index is 2.11. The van der Waals surface area contributed by atoms with Gasteiger partial charge in [0.1, 0.15) is 25.0 Å². The summed E-state index contributed by atoms with van der Waals surface area (Å²) >= 11 is 0. The van der Waals surface area contributed by atoms with Crippen LogP contribution >= 0.6 is 0 Å². The van der Waals surface area contributed by atoms with Gasteiger partial charge in [-0.1, -0.05) is 51.1 Å². The molecule has 2 nitrogen and oxygen atoms in total. The maximum absolute atomic E-state index is 2.34. The fourth-order valence-electron chi connectivity index (χ4n) is 2.52. The predicted molar refractivity (Wildman–Crippen MR) is 74.3 cm³/mol. The normalized spacial score (nSPS) is 12.9. The van der Waals surface area contributed by atoms with Crippen molar-refractivity contribution in [1.29, 1.82) is 0 Å². The van der Waals surface area contributed by atoms with Gasteiger partial charge in [0, 0.05) is 0 Å². The van der Waals surface area contributed by atoms with Crippen molar-refractivity contribution in [2.24, 2.45) is 5.92 Å². The minimum Gasteiger partial charge on any atom is -0.234 e. The summed E-state index contributed by atoms with van der Waals surface area (Å²) in [6.45, 7) is 7.78. The van der Waals surface area contributed by atoms with E-state index in [4.69, 9.17) is 0 Å². The molecule has 0 saturated carbocycles. The molecule has 1 atom stereocenters. The van der Waals surface area contributed by atoms with Crippen LogP contribution in [0.5, 0.6) is 0 Å². The van der Waals surface area contributed by atoms with Crippen LogP contribution in [-0.4, -0.2) is 4.57 Å². The molecule has 96 valence electrons. The molecule has 0 aliphatic heterocycles. The molecule has 0 aliphatic carbocycles. The molecule has 1 heterocycles. The third kappa shape index (κ3) is 3.00. The maximum atomic E-state index is 2.34. The van der Waals surface area contributed by atoms with E-state index < -0.39 is 0 Å². The summed E-state index contributed by atoms with van der Waals surface area (Å²) in [5.74, 6) is 0.674. The van der Waals surface area contributed by atoms with E-state index in [9.17, 15) is 0 Å². The molecule has 0 unspecified atom stereocenters. The smallest absolute Gasteiger partial charge is 0.234 e. The molecular formula is C16H23N2+. The molecule has 0 N–H and O–H groups in total. The topological polar surface area (TPSA) is 8.81 Å². The summed E-state index contributed by atoms with van der Waals surface area (Å²) in [6, 6.07) is 11.2. The highest BCUT2D eigenvalue weighted by molar-refractivity contribution is 5.13. The van der Waals surface area contributed by atoms with Crippen molar-refractivity contribution in [2.75, 3.05) is 0 Å². The fraction of sp³-hybridized carbons (Fsp3) is 0.438. The molecule has 0 amide bonds.